The molecule has 1 aliphatic rings. The zero-order valence-corrected chi connectivity index (χ0v) is 11.6. The van der Waals surface area contributed by atoms with Gasteiger partial charge in [0.1, 0.15) is 5.82 Å². The molecule has 0 radical (unpaired) electrons. The molecule has 1 aromatic carbocycles. The number of anilines is 3. The molecule has 3 N–H and O–H groups in total. The first-order chi connectivity index (χ1) is 10.2. The number of amides is 1. The van der Waals surface area contributed by atoms with Crippen molar-refractivity contribution >= 4 is 23.1 Å². The Balaban J connectivity index is 1.67. The van der Waals surface area contributed by atoms with Gasteiger partial charge in [0.2, 0.25) is 0 Å². The minimum absolute atomic E-state index is 0.243. The Bertz CT molecular complexity index is 618. The molecule has 0 bridgehead atoms. The van der Waals surface area contributed by atoms with Crippen molar-refractivity contribution in [1.29, 1.82) is 0 Å². The second kappa shape index (κ2) is 5.78. The van der Waals surface area contributed by atoms with Crippen LogP contribution in [0.1, 0.15) is 23.3 Å². The fraction of sp³-hybridized carbons (Fsp3) is 0.267. The predicted molar refractivity (Wildman–Crippen MR) is 82.3 cm³/mol. The Kier molecular flexibility index (Phi) is 3.68. The molecule has 1 amide bonds. The van der Waals surface area contributed by atoms with E-state index in [0.717, 1.165) is 18.8 Å². The molecular weight excluding hydrogens is 266 g/mol. The van der Waals surface area contributed by atoms with Crippen LogP contribution < -0.4 is 16.0 Å². The van der Waals surface area contributed by atoms with E-state index in [-0.39, 0.29) is 11.6 Å². The third-order valence-electron chi connectivity index (χ3n) is 3.51. The number of rotatable bonds is 3. The first kappa shape index (κ1) is 13.4. The van der Waals surface area contributed by atoms with E-state index in [1.54, 1.807) is 12.1 Å². The van der Waals surface area contributed by atoms with Crippen LogP contribution in [0.3, 0.4) is 0 Å². The van der Waals surface area contributed by atoms with Crippen molar-refractivity contribution in [3.05, 3.63) is 42.1 Å². The average molecular weight is 283 g/mol. The van der Waals surface area contributed by atoms with Crippen LogP contribution in [0, 0.1) is 0 Å². The van der Waals surface area contributed by atoms with Gasteiger partial charge in [-0.25, -0.2) is 0 Å². The number of aromatic nitrogens is 2. The first-order valence-corrected chi connectivity index (χ1v) is 6.98. The molecule has 1 aliphatic heterocycles. The van der Waals surface area contributed by atoms with Gasteiger partial charge < -0.3 is 16.0 Å². The molecule has 1 aromatic heterocycles. The Morgan fingerprint density at radius 3 is 2.38 bits per heavy atom. The zero-order chi connectivity index (χ0) is 14.7. The topological polar surface area (TPSA) is 84.1 Å². The highest BCUT2D eigenvalue weighted by Crippen LogP contribution is 2.22. The number of hydrogen-bond donors (Lipinski definition) is 2. The number of carbonyl (C=O) groups is 1. The van der Waals surface area contributed by atoms with E-state index in [1.165, 1.54) is 18.5 Å². The van der Waals surface area contributed by atoms with Crippen LogP contribution >= 0.6 is 0 Å². The molecule has 2 heterocycles. The van der Waals surface area contributed by atoms with Crippen molar-refractivity contribution in [3.63, 3.8) is 0 Å². The smallest absolute Gasteiger partial charge is 0.276 e. The van der Waals surface area contributed by atoms with Crippen molar-refractivity contribution < 1.29 is 4.79 Å². The highest BCUT2D eigenvalue weighted by molar-refractivity contribution is 6.02. The summed E-state index contributed by atoms with van der Waals surface area (Å²) >= 11 is 0. The molecule has 108 valence electrons. The summed E-state index contributed by atoms with van der Waals surface area (Å²) in [4.78, 5) is 14.3. The number of benzene rings is 1. The van der Waals surface area contributed by atoms with Crippen molar-refractivity contribution in [2.24, 2.45) is 0 Å². The average Bonchev–Trinajstić information content (AvgIpc) is 3.03. The van der Waals surface area contributed by atoms with E-state index in [2.05, 4.69) is 20.4 Å². The summed E-state index contributed by atoms with van der Waals surface area (Å²) in [5.41, 5.74) is 7.62. The van der Waals surface area contributed by atoms with Gasteiger partial charge in [0.05, 0.1) is 0 Å². The van der Waals surface area contributed by atoms with Crippen LogP contribution in [0.25, 0.3) is 0 Å². The van der Waals surface area contributed by atoms with Gasteiger partial charge >= 0.3 is 0 Å². The monoisotopic (exact) mass is 283 g/mol. The summed E-state index contributed by atoms with van der Waals surface area (Å²) in [7, 11) is 0. The third kappa shape index (κ3) is 3.10. The van der Waals surface area contributed by atoms with Crippen molar-refractivity contribution in [2.45, 2.75) is 12.8 Å². The van der Waals surface area contributed by atoms with Gasteiger partial charge in [0.25, 0.3) is 5.91 Å². The molecule has 6 nitrogen and oxygen atoms in total. The van der Waals surface area contributed by atoms with Crippen molar-refractivity contribution in [3.8, 4) is 0 Å². The second-order valence-electron chi connectivity index (χ2n) is 5.04. The lowest BCUT2D eigenvalue weighted by Crippen LogP contribution is -2.18. The summed E-state index contributed by atoms with van der Waals surface area (Å²) < 4.78 is 0. The highest BCUT2D eigenvalue weighted by Gasteiger charge is 2.12. The molecule has 1 fully saturated rings. The van der Waals surface area contributed by atoms with Crippen molar-refractivity contribution in [1.82, 2.24) is 10.2 Å². The number of nitrogens with two attached hydrogens (primary N) is 1. The Labute approximate surface area is 123 Å². The van der Waals surface area contributed by atoms with E-state index in [4.69, 9.17) is 5.73 Å². The molecule has 0 aliphatic carbocycles. The van der Waals surface area contributed by atoms with Crippen LogP contribution in [0.2, 0.25) is 0 Å². The van der Waals surface area contributed by atoms with Gasteiger partial charge in [-0.2, -0.15) is 0 Å². The molecule has 0 atom stereocenters. The number of nitrogens with zero attached hydrogens (tertiary/aromatic N) is 3. The largest absolute Gasteiger partial charge is 0.382 e. The molecular formula is C15H17N5O. The fourth-order valence-electron chi connectivity index (χ4n) is 2.39. The Morgan fingerprint density at radius 1 is 1.05 bits per heavy atom. The van der Waals surface area contributed by atoms with Crippen LogP contribution in [-0.4, -0.2) is 29.2 Å². The molecule has 0 saturated carbocycles. The number of nitrogen functional groups attached to an aromatic ring is 1. The Morgan fingerprint density at radius 2 is 1.76 bits per heavy atom. The summed E-state index contributed by atoms with van der Waals surface area (Å²) in [6, 6.07) is 11.0. The summed E-state index contributed by atoms with van der Waals surface area (Å²) in [5, 5.41) is 10.2. The van der Waals surface area contributed by atoms with Gasteiger partial charge in [-0.1, -0.05) is 0 Å². The molecule has 3 rings (SSSR count). The molecule has 0 spiro atoms. The number of hydrogen-bond acceptors (Lipinski definition) is 5. The third-order valence-corrected chi connectivity index (χ3v) is 3.51. The summed E-state index contributed by atoms with van der Waals surface area (Å²) in [6.45, 7) is 2.21. The quantitative estimate of drug-likeness (QED) is 0.899. The fourth-order valence-corrected chi connectivity index (χ4v) is 2.39. The predicted octanol–water partition coefficient (Wildman–Crippen LogP) is 1.91. The van der Waals surface area contributed by atoms with Gasteiger partial charge in [-0.15, -0.1) is 10.2 Å². The maximum absolute atomic E-state index is 12.0. The zero-order valence-electron chi connectivity index (χ0n) is 11.6. The summed E-state index contributed by atoms with van der Waals surface area (Å²) in [5.74, 6) is -0.00191. The van der Waals surface area contributed by atoms with E-state index >= 15 is 0 Å². The standard InChI is InChI=1S/C15H17N5O/c16-14-8-7-13(18-19-14)15(21)17-11-3-5-12(6-4-11)20-9-1-2-10-20/h3-8H,1-2,9-10H2,(H2,16,19)(H,17,21). The lowest BCUT2D eigenvalue weighted by molar-refractivity contribution is 0.102. The van der Waals surface area contributed by atoms with E-state index in [9.17, 15) is 4.79 Å². The second-order valence-corrected chi connectivity index (χ2v) is 5.04. The molecule has 21 heavy (non-hydrogen) atoms. The maximum atomic E-state index is 12.0. The molecule has 0 unspecified atom stereocenters. The summed E-state index contributed by atoms with van der Waals surface area (Å²) in [6.07, 6.45) is 2.49. The number of carbonyl (C=O) groups excluding carboxylic acids is 1. The van der Waals surface area contributed by atoms with Gasteiger partial charge in [0.15, 0.2) is 5.69 Å². The lowest BCUT2D eigenvalue weighted by atomic mass is 10.2. The Hall–Kier alpha value is -2.63. The highest BCUT2D eigenvalue weighted by atomic mass is 16.1. The van der Waals surface area contributed by atoms with Crippen LogP contribution in [0.5, 0.6) is 0 Å². The van der Waals surface area contributed by atoms with Crippen molar-refractivity contribution in [2.75, 3.05) is 29.0 Å². The van der Waals surface area contributed by atoms with Gasteiger partial charge in [0, 0.05) is 24.5 Å². The van der Waals surface area contributed by atoms with E-state index in [1.807, 2.05) is 24.3 Å². The molecule has 2 aromatic rings. The van der Waals surface area contributed by atoms with Crippen LogP contribution in [0.15, 0.2) is 36.4 Å². The van der Waals surface area contributed by atoms with Crippen LogP contribution in [0.4, 0.5) is 17.2 Å². The minimum atomic E-state index is -0.295. The number of nitrogens with one attached hydrogen (secondary N) is 1. The maximum Gasteiger partial charge on any atom is 0.276 e. The van der Waals surface area contributed by atoms with Gasteiger partial charge in [-0.3, -0.25) is 4.79 Å². The SMILES string of the molecule is Nc1ccc(C(=O)Nc2ccc(N3CCCC3)cc2)nn1. The van der Waals surface area contributed by atoms with E-state index in [0.29, 0.717) is 5.82 Å². The molecule has 1 saturated heterocycles. The minimum Gasteiger partial charge on any atom is -0.382 e. The lowest BCUT2D eigenvalue weighted by Gasteiger charge is -2.17. The van der Waals surface area contributed by atoms with E-state index < -0.39 is 0 Å². The normalized spacial score (nSPS) is 14.2. The van der Waals surface area contributed by atoms with Crippen LogP contribution in [-0.2, 0) is 0 Å². The first-order valence-electron chi connectivity index (χ1n) is 6.98. The van der Waals surface area contributed by atoms with Gasteiger partial charge in [-0.05, 0) is 49.2 Å². The molecule has 6 heteroatoms.